The number of nitrogens with zero attached hydrogens (tertiary/aromatic N) is 6. The van der Waals surface area contributed by atoms with E-state index in [1.807, 2.05) is 121 Å². The summed E-state index contributed by atoms with van der Waals surface area (Å²) < 4.78 is 79.5. The number of aryl methyl sites for hydroxylation is 1. The number of hydrogen-bond donors (Lipinski definition) is 18. The molecule has 0 fully saturated rings. The van der Waals surface area contributed by atoms with E-state index in [0.29, 0.717) is 162 Å². The fraction of sp³-hybridized carbons (Fsp3) is 0.435. The van der Waals surface area contributed by atoms with Crippen LogP contribution in [-0.4, -0.2) is 237 Å². The van der Waals surface area contributed by atoms with Crippen LogP contribution in [0.25, 0.3) is 32.7 Å². The lowest BCUT2D eigenvalue weighted by Crippen LogP contribution is -2.65. The van der Waals surface area contributed by atoms with Crippen LogP contribution >= 0.6 is 0 Å². The maximum Gasteiger partial charge on any atom is 0.416 e. The lowest BCUT2D eigenvalue weighted by atomic mass is 9.96. The average Bonchev–Trinajstić information content (AvgIpc) is 0.834. The van der Waals surface area contributed by atoms with Crippen LogP contribution < -0.4 is 101 Å². The van der Waals surface area contributed by atoms with Gasteiger partial charge in [0.25, 0.3) is 5.91 Å². The number of pyridine rings is 3. The van der Waals surface area contributed by atoms with Gasteiger partial charge in [0.1, 0.15) is 58.9 Å². The van der Waals surface area contributed by atoms with Crippen LogP contribution in [0, 0.1) is 0 Å². The van der Waals surface area contributed by atoms with E-state index in [4.69, 9.17) is 68.8 Å². The lowest BCUT2D eigenvalue weighted by molar-refractivity contribution is -0.966. The number of aromatic nitrogens is 3. The molecule has 6 aromatic carbocycles. The van der Waals surface area contributed by atoms with Crippen molar-refractivity contribution in [3.05, 3.63) is 233 Å². The van der Waals surface area contributed by atoms with E-state index in [1.165, 1.54) is 24.3 Å². The van der Waals surface area contributed by atoms with Gasteiger partial charge >= 0.3 is 12.4 Å². The first kappa shape index (κ1) is 105. The molecule has 0 unspecified atom stereocenters. The summed E-state index contributed by atoms with van der Waals surface area (Å²) in [7, 11) is 0. The molecule has 9 rings (SSSR count). The number of halogens is 6. The van der Waals surface area contributed by atoms with Crippen LogP contribution in [0.5, 0.6) is 0 Å². The zero-order valence-electron chi connectivity index (χ0n) is 73.2. The standard InChI is InChI=1S/C31H43F3N8O2.C31H46N8O2.C30H39F3N8O3/c32-31(33,34)25-9-7-22(8-10-25)19-28(29(43)20-23-18-24-4-1-2-6-27(24)39-21-23)41-30(44)26(38)5-3-14-40-42(15-11-35,16-12-36)17-13-37;32-14-18-39(19-15-33,20-16-34)37-17-6-10-27(35)31(41)38-29(13-12-24-7-2-1-3-8-24)30(40)22-25-21-26-9-4-5-11-28(26)36-23-25;31-30(32,33)23-7-5-20(6-8-23)16-26(27(42)17-21-15-22-3-1-2-4-25(22)38-19-21)39-29(44)24(37)18-28(43)40-41(12-9-34,13-10-35)14-11-36/h1-2,4,6-10,18,21,26,28,40H,3,5,11-17,19-20,35-38H2;1-5,7-9,11,21,23,27,29,37H,6,10,12-20,22,32-35H2;1-8,15,19,24,26H,9-14,16-18,34-37H2,(H-,39,40,43,44)/p+3/t26-,28-;27-,29-;24-,26-/m000/s1. The molecule has 700 valence electrons. The Kier molecular flexibility index (Phi) is 43.7. The highest BCUT2D eigenvalue weighted by molar-refractivity contribution is 5.96. The van der Waals surface area contributed by atoms with Crippen molar-refractivity contribution in [1.29, 1.82) is 0 Å². The van der Waals surface area contributed by atoms with Crippen molar-refractivity contribution in [3.63, 3.8) is 0 Å². The lowest BCUT2D eigenvalue weighted by Gasteiger charge is -2.37. The monoisotopic (exact) mass is 1800 g/mol. The van der Waals surface area contributed by atoms with Gasteiger partial charge in [-0.1, -0.05) is 109 Å². The third-order valence-corrected chi connectivity index (χ3v) is 22.3. The molecule has 3 aromatic heterocycles. The zero-order chi connectivity index (χ0) is 94.0. The molecule has 0 bridgehead atoms. The van der Waals surface area contributed by atoms with Crippen LogP contribution in [0.1, 0.15) is 83.0 Å². The molecular weight excluding hydrogens is 1670 g/mol. The Balaban J connectivity index is 0.000000265. The van der Waals surface area contributed by atoms with E-state index in [2.05, 4.69) is 47.2 Å². The molecule has 9 aromatic rings. The van der Waals surface area contributed by atoms with Crippen LogP contribution in [-0.2, 0) is 84.4 Å². The normalized spacial score (nSPS) is 13.3. The summed E-state index contributed by atoms with van der Waals surface area (Å²) in [6.07, 6.45) is -1.33. The third-order valence-electron chi connectivity index (χ3n) is 22.3. The summed E-state index contributed by atoms with van der Waals surface area (Å²) in [6, 6.07) is 41.4. The van der Waals surface area contributed by atoms with Gasteiger partial charge in [0.15, 0.2) is 17.3 Å². The van der Waals surface area contributed by atoms with Crippen molar-refractivity contribution in [2.75, 3.05) is 131 Å². The van der Waals surface area contributed by atoms with Gasteiger partial charge in [-0.2, -0.15) is 37.2 Å². The molecule has 0 saturated heterocycles. The molecule has 31 nitrogen and oxygen atoms in total. The van der Waals surface area contributed by atoms with E-state index in [9.17, 15) is 59.9 Å². The van der Waals surface area contributed by atoms with Crippen molar-refractivity contribution < 1.29 is 73.7 Å². The van der Waals surface area contributed by atoms with Gasteiger partial charge < -0.3 is 84.8 Å². The number of nitrogens with one attached hydrogen (secondary N) is 6. The molecule has 6 atom stereocenters. The highest BCUT2D eigenvalue weighted by Crippen LogP contribution is 2.31. The summed E-state index contributed by atoms with van der Waals surface area (Å²) in [5, 5.41) is 11.0. The highest BCUT2D eigenvalue weighted by Gasteiger charge is 2.36. The average molecular weight is 1800 g/mol. The molecule has 4 amide bonds. The first-order valence-electron chi connectivity index (χ1n) is 43.6. The first-order chi connectivity index (χ1) is 61.8. The minimum atomic E-state index is -4.52. The van der Waals surface area contributed by atoms with E-state index < -0.39 is 89.7 Å². The molecule has 3 heterocycles. The second kappa shape index (κ2) is 53.5. The number of fused-ring (bicyclic) bond motifs is 3. The quantitative estimate of drug-likeness (QED) is 0.0113. The molecule has 0 saturated carbocycles. The largest absolute Gasteiger partial charge is 0.416 e. The van der Waals surface area contributed by atoms with Crippen molar-refractivity contribution in [3.8, 4) is 0 Å². The Labute approximate surface area is 749 Å². The summed E-state index contributed by atoms with van der Waals surface area (Å²) in [5.41, 5.74) is 85.3. The Morgan fingerprint density at radius 1 is 0.341 bits per heavy atom. The fourth-order valence-corrected chi connectivity index (χ4v) is 15.4. The molecule has 0 aliphatic rings. The first-order valence-corrected chi connectivity index (χ1v) is 43.6. The number of nitrogens with two attached hydrogens (primary N) is 12. The van der Waals surface area contributed by atoms with E-state index in [0.717, 1.165) is 87.7 Å². The smallest absolute Gasteiger partial charge is 0.345 e. The molecule has 37 heteroatoms. The molecule has 0 aliphatic carbocycles. The Morgan fingerprint density at radius 3 is 0.977 bits per heavy atom. The third kappa shape index (κ3) is 34.9. The SMILES string of the molecule is NCC[N+](CCN)(CCN)NC(=O)C[C@H](N)C(=O)N[C@@H](Cc1ccc(C(F)(F)F)cc1)C(=O)Cc1cnc2ccccc2c1.NCC[N+](CCN)(CCN)NCCC[C@H](N)C(=O)N[C@@H](CCc1ccccc1)C(=O)Cc1cnc2ccccc2c1.NCC[N+](CCN)(CCN)NCCC[C@H](N)C(=O)N[C@@H](Cc1ccc(C(F)(F)F)cc1)C(=O)Cc1cnc2ccccc2c1. The van der Waals surface area contributed by atoms with Crippen LogP contribution in [0.3, 0.4) is 0 Å². The summed E-state index contributed by atoms with van der Waals surface area (Å²) in [5.74, 6) is -2.91. The Morgan fingerprint density at radius 2 is 0.643 bits per heavy atom. The van der Waals surface area contributed by atoms with Gasteiger partial charge in [0, 0.05) is 126 Å². The van der Waals surface area contributed by atoms with Crippen molar-refractivity contribution >= 4 is 73.7 Å². The predicted molar refractivity (Wildman–Crippen MR) is 489 cm³/mol. The summed E-state index contributed by atoms with van der Waals surface area (Å²) >= 11 is 0. The number of hydrogen-bond acceptors (Lipinski definition) is 24. The van der Waals surface area contributed by atoms with Crippen molar-refractivity contribution in [2.45, 2.75) is 126 Å². The molecule has 0 spiro atoms. The molecular formula is C92H131F6N24O7+3. The number of ketones is 3. The molecule has 0 aliphatic heterocycles. The zero-order valence-corrected chi connectivity index (χ0v) is 73.2. The van der Waals surface area contributed by atoms with Crippen LogP contribution in [0.4, 0.5) is 26.3 Å². The van der Waals surface area contributed by atoms with Gasteiger partial charge in [-0.3, -0.25) is 48.5 Å². The minimum absolute atomic E-state index is 0.00919. The Bertz CT molecular complexity index is 4920. The number of amides is 4. The van der Waals surface area contributed by atoms with Crippen LogP contribution in [0.2, 0.25) is 0 Å². The van der Waals surface area contributed by atoms with E-state index in [1.54, 1.807) is 18.6 Å². The maximum absolute atomic E-state index is 13.5. The number of quaternary nitrogens is 3. The maximum atomic E-state index is 13.5. The number of benzene rings is 6. The Hall–Kier alpha value is -10.7. The molecule has 0 radical (unpaired) electrons. The second-order valence-corrected chi connectivity index (χ2v) is 32.2. The van der Waals surface area contributed by atoms with Crippen molar-refractivity contribution in [1.82, 2.24) is 47.2 Å². The molecule has 30 N–H and O–H groups in total. The van der Waals surface area contributed by atoms with Crippen LogP contribution in [0.15, 0.2) is 188 Å². The number of alkyl halides is 6. The molecule has 129 heavy (non-hydrogen) atoms. The number of Topliss-reactive ketones (excluding diaryl/α,β-unsaturated/α-hetero) is 3. The van der Waals surface area contributed by atoms with E-state index >= 15 is 0 Å². The van der Waals surface area contributed by atoms with E-state index in [-0.39, 0.29) is 73.8 Å². The van der Waals surface area contributed by atoms with Gasteiger partial charge in [-0.25, -0.2) is 19.2 Å². The van der Waals surface area contributed by atoms with Gasteiger partial charge in [0.05, 0.1) is 70.3 Å². The summed E-state index contributed by atoms with van der Waals surface area (Å²) in [4.78, 5) is 106. The van der Waals surface area contributed by atoms with Gasteiger partial charge in [0.2, 0.25) is 17.7 Å². The number of rotatable bonds is 53. The number of carbonyl (C=O) groups excluding carboxylic acids is 7. The summed E-state index contributed by atoms with van der Waals surface area (Å²) in [6.45, 7) is 10.1. The highest BCUT2D eigenvalue weighted by atomic mass is 19.4. The van der Waals surface area contributed by atoms with Crippen molar-refractivity contribution in [2.24, 2.45) is 68.8 Å². The minimum Gasteiger partial charge on any atom is -0.345 e. The predicted octanol–water partition coefficient (Wildman–Crippen LogP) is 2.70. The van der Waals surface area contributed by atoms with Gasteiger partial charge in [-0.15, -0.1) is 0 Å². The topological polar surface area (TPSA) is 543 Å². The number of para-hydroxylation sites is 3. The van der Waals surface area contributed by atoms with Gasteiger partial charge in [-0.05, 0) is 145 Å². The number of carbonyl (C=O) groups is 7. The fourth-order valence-electron chi connectivity index (χ4n) is 15.4. The second-order valence-electron chi connectivity index (χ2n) is 32.2.